The van der Waals surface area contributed by atoms with Crippen LogP contribution in [0.5, 0.6) is 0 Å². The first-order chi connectivity index (χ1) is 13.3. The van der Waals surface area contributed by atoms with Gasteiger partial charge in [-0.15, -0.1) is 0 Å². The zero-order valence-corrected chi connectivity index (χ0v) is 17.0. The standard InChI is InChI=1S/C22H24F2N2OS/c1-3-21-10-14(2)11-22(28,12-21)26(13-21)20(27)18-9-5-8-17(25-18)19-15(23)6-4-7-16(19)24/h4-9,14,28H,3,10-13H2,1-2H3. The number of likely N-dealkylation sites (tertiary alicyclic amines) is 1. The number of rotatable bonds is 3. The SMILES string of the molecule is CCC12CC(C)CC(S)(C1)N(C(=O)c1cccc(-c3c(F)cccc3F)n1)C2. The highest BCUT2D eigenvalue weighted by Gasteiger charge is 2.56. The number of pyridine rings is 1. The van der Waals surface area contributed by atoms with Gasteiger partial charge in [0.15, 0.2) is 0 Å². The number of hydrogen-bond acceptors (Lipinski definition) is 3. The van der Waals surface area contributed by atoms with Crippen LogP contribution in [-0.4, -0.2) is 27.2 Å². The largest absolute Gasteiger partial charge is 0.322 e. The quantitative estimate of drug-likeness (QED) is 0.705. The lowest BCUT2D eigenvalue weighted by Crippen LogP contribution is -2.44. The molecule has 3 nitrogen and oxygen atoms in total. The first-order valence-electron chi connectivity index (χ1n) is 9.73. The Hall–Kier alpha value is -1.95. The van der Waals surface area contributed by atoms with Crippen molar-refractivity contribution in [1.29, 1.82) is 0 Å². The average Bonchev–Trinajstić information content (AvgIpc) is 2.87. The predicted molar refractivity (Wildman–Crippen MR) is 108 cm³/mol. The summed E-state index contributed by atoms with van der Waals surface area (Å²) < 4.78 is 28.3. The van der Waals surface area contributed by atoms with Gasteiger partial charge in [0, 0.05) is 6.54 Å². The van der Waals surface area contributed by atoms with E-state index in [1.54, 1.807) is 12.1 Å². The number of amides is 1. The number of thiol groups is 1. The number of benzene rings is 1. The first-order valence-corrected chi connectivity index (χ1v) is 10.2. The molecule has 3 atom stereocenters. The zero-order chi connectivity index (χ0) is 20.1. The Balaban J connectivity index is 1.70. The van der Waals surface area contributed by atoms with Gasteiger partial charge in [0.2, 0.25) is 0 Å². The Kier molecular flexibility index (Phi) is 4.73. The van der Waals surface area contributed by atoms with Gasteiger partial charge in [0.05, 0.1) is 16.1 Å². The molecule has 1 saturated heterocycles. The molecule has 0 spiro atoms. The molecule has 2 fully saturated rings. The van der Waals surface area contributed by atoms with Gasteiger partial charge in [-0.25, -0.2) is 13.8 Å². The lowest BCUT2D eigenvalue weighted by atomic mass is 9.70. The number of carbonyl (C=O) groups excluding carboxylic acids is 1. The zero-order valence-electron chi connectivity index (χ0n) is 16.1. The van der Waals surface area contributed by atoms with Crippen molar-refractivity contribution in [2.24, 2.45) is 11.3 Å². The third-order valence-electron chi connectivity index (χ3n) is 6.29. The summed E-state index contributed by atoms with van der Waals surface area (Å²) in [7, 11) is 0. The van der Waals surface area contributed by atoms with Crippen molar-refractivity contribution in [1.82, 2.24) is 9.88 Å². The average molecular weight is 403 g/mol. The molecule has 3 unspecified atom stereocenters. The molecule has 1 aromatic carbocycles. The van der Waals surface area contributed by atoms with Crippen molar-refractivity contribution in [2.45, 2.75) is 44.4 Å². The van der Waals surface area contributed by atoms with Gasteiger partial charge >= 0.3 is 0 Å². The maximum Gasteiger partial charge on any atom is 0.273 e. The molecule has 2 heterocycles. The van der Waals surface area contributed by atoms with Crippen molar-refractivity contribution >= 4 is 18.5 Å². The summed E-state index contributed by atoms with van der Waals surface area (Å²) in [6.45, 7) is 5.03. The van der Waals surface area contributed by atoms with Crippen LogP contribution in [0.15, 0.2) is 36.4 Å². The van der Waals surface area contributed by atoms with Crippen LogP contribution < -0.4 is 0 Å². The topological polar surface area (TPSA) is 33.2 Å². The second-order valence-electron chi connectivity index (χ2n) is 8.42. The first kappa shape index (κ1) is 19.4. The van der Waals surface area contributed by atoms with Crippen LogP contribution in [0.25, 0.3) is 11.3 Å². The maximum atomic E-state index is 14.2. The van der Waals surface area contributed by atoms with E-state index in [1.165, 1.54) is 24.3 Å². The van der Waals surface area contributed by atoms with E-state index in [0.717, 1.165) is 25.7 Å². The molecule has 0 N–H and O–H groups in total. The van der Waals surface area contributed by atoms with Crippen molar-refractivity contribution in [2.75, 3.05) is 6.54 Å². The Morgan fingerprint density at radius 2 is 1.89 bits per heavy atom. The fourth-order valence-corrected chi connectivity index (χ4v) is 5.95. The fourth-order valence-electron chi connectivity index (χ4n) is 5.14. The molecule has 6 heteroatoms. The molecule has 1 saturated carbocycles. The van der Waals surface area contributed by atoms with Gasteiger partial charge < -0.3 is 4.90 Å². The second-order valence-corrected chi connectivity index (χ2v) is 9.25. The van der Waals surface area contributed by atoms with E-state index < -0.39 is 16.5 Å². The minimum atomic E-state index is -0.696. The van der Waals surface area contributed by atoms with Crippen LogP contribution in [0.2, 0.25) is 0 Å². The predicted octanol–water partition coefficient (Wildman–Crippen LogP) is 5.33. The van der Waals surface area contributed by atoms with Gasteiger partial charge in [-0.1, -0.05) is 26.0 Å². The Morgan fingerprint density at radius 1 is 1.21 bits per heavy atom. The summed E-state index contributed by atoms with van der Waals surface area (Å²) in [6.07, 6.45) is 3.80. The number of hydrogen-bond donors (Lipinski definition) is 1. The van der Waals surface area contributed by atoms with Gasteiger partial charge in [-0.05, 0) is 61.3 Å². The number of aromatic nitrogens is 1. The minimum Gasteiger partial charge on any atom is -0.322 e. The number of fused-ring (bicyclic) bond motifs is 2. The molecular weight excluding hydrogens is 378 g/mol. The van der Waals surface area contributed by atoms with Crippen molar-refractivity contribution < 1.29 is 13.6 Å². The minimum absolute atomic E-state index is 0.0876. The lowest BCUT2D eigenvalue weighted by Gasteiger charge is -2.40. The van der Waals surface area contributed by atoms with E-state index in [-0.39, 0.29) is 28.3 Å². The summed E-state index contributed by atoms with van der Waals surface area (Å²) in [5.41, 5.74) is 0.191. The van der Waals surface area contributed by atoms with Gasteiger partial charge in [-0.3, -0.25) is 4.79 Å². The van der Waals surface area contributed by atoms with E-state index in [2.05, 4.69) is 18.8 Å². The van der Waals surface area contributed by atoms with Crippen LogP contribution in [0.4, 0.5) is 8.78 Å². The summed E-state index contributed by atoms with van der Waals surface area (Å²) in [4.78, 5) is 19.0. The second kappa shape index (κ2) is 6.83. The molecule has 1 aliphatic heterocycles. The van der Waals surface area contributed by atoms with Gasteiger partial charge in [0.25, 0.3) is 5.91 Å². The molecule has 1 aromatic heterocycles. The third kappa shape index (κ3) is 3.11. The third-order valence-corrected chi connectivity index (χ3v) is 6.88. The van der Waals surface area contributed by atoms with Crippen LogP contribution in [0.3, 0.4) is 0 Å². The van der Waals surface area contributed by atoms with Crippen LogP contribution in [-0.2, 0) is 0 Å². The fraction of sp³-hybridized carbons (Fsp3) is 0.455. The maximum absolute atomic E-state index is 14.2. The molecule has 148 valence electrons. The Morgan fingerprint density at radius 3 is 2.57 bits per heavy atom. The Labute approximate surface area is 169 Å². The molecule has 2 aromatic rings. The summed E-state index contributed by atoms with van der Waals surface area (Å²) in [6, 6.07) is 8.43. The molecule has 0 radical (unpaired) electrons. The molecular formula is C22H24F2N2OS. The summed E-state index contributed by atoms with van der Waals surface area (Å²) in [5.74, 6) is -1.12. The molecule has 2 aliphatic rings. The molecule has 1 amide bonds. The van der Waals surface area contributed by atoms with Crippen LogP contribution in [0, 0.1) is 23.0 Å². The van der Waals surface area contributed by atoms with Gasteiger partial charge in [-0.2, -0.15) is 12.6 Å². The molecule has 2 bridgehead atoms. The van der Waals surface area contributed by atoms with Crippen molar-refractivity contribution in [3.05, 3.63) is 53.7 Å². The highest BCUT2D eigenvalue weighted by molar-refractivity contribution is 7.81. The smallest absolute Gasteiger partial charge is 0.273 e. The van der Waals surface area contributed by atoms with Gasteiger partial charge in [0.1, 0.15) is 17.3 Å². The normalized spacial score (nSPS) is 29.2. The lowest BCUT2D eigenvalue weighted by molar-refractivity contribution is 0.0690. The molecule has 4 rings (SSSR count). The Bertz CT molecular complexity index is 916. The highest BCUT2D eigenvalue weighted by Crippen LogP contribution is 2.57. The van der Waals surface area contributed by atoms with E-state index >= 15 is 0 Å². The summed E-state index contributed by atoms with van der Waals surface area (Å²) >= 11 is 4.93. The molecule has 28 heavy (non-hydrogen) atoms. The van der Waals surface area contributed by atoms with E-state index in [4.69, 9.17) is 12.6 Å². The van der Waals surface area contributed by atoms with Crippen LogP contribution in [0.1, 0.15) is 50.0 Å². The van der Waals surface area contributed by atoms with E-state index in [0.29, 0.717) is 12.5 Å². The number of halogens is 2. The monoisotopic (exact) mass is 402 g/mol. The number of carbonyl (C=O) groups is 1. The van der Waals surface area contributed by atoms with Crippen molar-refractivity contribution in [3.63, 3.8) is 0 Å². The van der Waals surface area contributed by atoms with Crippen LogP contribution >= 0.6 is 12.6 Å². The number of nitrogens with zero attached hydrogens (tertiary/aromatic N) is 2. The molecule has 1 aliphatic carbocycles. The summed E-state index contributed by atoms with van der Waals surface area (Å²) in [5, 5.41) is 0. The highest BCUT2D eigenvalue weighted by atomic mass is 32.1. The van der Waals surface area contributed by atoms with E-state index in [1.807, 2.05) is 4.90 Å². The van der Waals surface area contributed by atoms with Crippen molar-refractivity contribution in [3.8, 4) is 11.3 Å². The van der Waals surface area contributed by atoms with E-state index in [9.17, 15) is 13.6 Å².